The third-order valence-electron chi connectivity index (χ3n) is 4.12. The highest BCUT2D eigenvalue weighted by Gasteiger charge is 2.25. The second-order valence-electron chi connectivity index (χ2n) is 5.59. The number of nitrogens with one attached hydrogen (secondary N) is 2. The van der Waals surface area contributed by atoms with Crippen LogP contribution in [0.5, 0.6) is 0 Å². The minimum atomic E-state index is -0.237. The van der Waals surface area contributed by atoms with E-state index in [0.717, 1.165) is 48.3 Å². The van der Waals surface area contributed by atoms with E-state index in [1.807, 2.05) is 30.3 Å². The summed E-state index contributed by atoms with van der Waals surface area (Å²) in [7, 11) is 0. The Morgan fingerprint density at radius 3 is 2.65 bits per heavy atom. The van der Waals surface area contributed by atoms with E-state index in [-0.39, 0.29) is 5.69 Å². The van der Waals surface area contributed by atoms with Crippen LogP contribution in [0, 0.1) is 0 Å². The maximum Gasteiger partial charge on any atom is 0.340 e. The lowest BCUT2D eigenvalue weighted by molar-refractivity contribution is 0.486. The minimum Gasteiger partial charge on any atom is -0.347 e. The molecule has 23 heavy (non-hydrogen) atoms. The largest absolute Gasteiger partial charge is 0.347 e. The molecule has 0 unspecified atom stereocenters. The summed E-state index contributed by atoms with van der Waals surface area (Å²) in [6.07, 6.45) is 1.89. The van der Waals surface area contributed by atoms with E-state index in [2.05, 4.69) is 29.4 Å². The Balaban J connectivity index is 1.45. The Bertz CT molecular complexity index is 831. The van der Waals surface area contributed by atoms with E-state index < -0.39 is 0 Å². The summed E-state index contributed by atoms with van der Waals surface area (Å²) in [5, 5.41) is 7.44. The van der Waals surface area contributed by atoms with Gasteiger partial charge in [0.05, 0.1) is 0 Å². The number of H-pyrrole nitrogens is 2. The van der Waals surface area contributed by atoms with E-state index in [0.29, 0.717) is 5.92 Å². The highest BCUT2D eigenvalue weighted by Crippen LogP contribution is 2.30. The van der Waals surface area contributed by atoms with Crippen molar-refractivity contribution in [3.8, 4) is 11.4 Å². The van der Waals surface area contributed by atoms with Gasteiger partial charge in [-0.15, -0.1) is 0 Å². The van der Waals surface area contributed by atoms with Gasteiger partial charge in [0, 0.05) is 36.1 Å². The zero-order valence-electron chi connectivity index (χ0n) is 12.4. The van der Waals surface area contributed by atoms with Crippen molar-refractivity contribution in [2.75, 3.05) is 18.0 Å². The molecule has 0 bridgehead atoms. The highest BCUT2D eigenvalue weighted by atomic mass is 32.1. The van der Waals surface area contributed by atoms with Crippen LogP contribution in [0.1, 0.15) is 24.6 Å². The smallest absolute Gasteiger partial charge is 0.340 e. The average molecular weight is 328 g/mol. The Kier molecular flexibility index (Phi) is 3.66. The van der Waals surface area contributed by atoms with Crippen LogP contribution in [0.2, 0.25) is 0 Å². The molecule has 4 rings (SSSR count). The predicted molar refractivity (Wildman–Crippen MR) is 88.7 cm³/mol. The van der Waals surface area contributed by atoms with Gasteiger partial charge in [-0.2, -0.15) is 14.5 Å². The molecule has 0 radical (unpaired) electrons. The fraction of sp³-hybridized carbons (Fsp3) is 0.333. The second kappa shape index (κ2) is 5.96. The van der Waals surface area contributed by atoms with Gasteiger partial charge in [0.25, 0.3) is 0 Å². The molecule has 2 aromatic heterocycles. The van der Waals surface area contributed by atoms with Crippen LogP contribution in [0.3, 0.4) is 0 Å². The monoisotopic (exact) mass is 328 g/mol. The van der Waals surface area contributed by atoms with E-state index >= 15 is 0 Å². The first-order chi connectivity index (χ1) is 11.3. The number of anilines is 1. The predicted octanol–water partition coefficient (Wildman–Crippen LogP) is 2.00. The quantitative estimate of drug-likeness (QED) is 0.767. The van der Waals surface area contributed by atoms with Crippen molar-refractivity contribution in [3.05, 3.63) is 46.6 Å². The van der Waals surface area contributed by atoms with Gasteiger partial charge >= 0.3 is 5.69 Å². The molecule has 0 aliphatic carbocycles. The van der Waals surface area contributed by atoms with Crippen LogP contribution in [0.15, 0.2) is 35.1 Å². The molecule has 0 amide bonds. The number of benzene rings is 1. The van der Waals surface area contributed by atoms with E-state index in [9.17, 15) is 4.79 Å². The summed E-state index contributed by atoms with van der Waals surface area (Å²) in [5.41, 5.74) is 0.804. The standard InChI is InChI=1S/C15H16N6OS/c22-14-16-12(18-19-14)11-6-8-21(9-7-11)15-17-13(20-23-15)10-4-2-1-3-5-10/h1-5,11H,6-9H2,(H2,16,18,19,22). The molecule has 118 valence electrons. The summed E-state index contributed by atoms with van der Waals surface area (Å²) in [5.74, 6) is 1.84. The molecule has 3 aromatic rings. The van der Waals surface area contributed by atoms with Gasteiger partial charge in [-0.05, 0) is 12.8 Å². The molecule has 7 nitrogen and oxygen atoms in total. The molecular formula is C15H16N6OS. The van der Waals surface area contributed by atoms with Crippen LogP contribution in [-0.2, 0) is 0 Å². The number of hydrogen-bond donors (Lipinski definition) is 2. The molecule has 0 atom stereocenters. The second-order valence-corrected chi connectivity index (χ2v) is 6.32. The van der Waals surface area contributed by atoms with Gasteiger partial charge in [-0.25, -0.2) is 9.89 Å². The maximum atomic E-state index is 11.2. The first-order valence-corrected chi connectivity index (χ1v) is 8.35. The Morgan fingerprint density at radius 1 is 1.17 bits per heavy atom. The number of aromatic nitrogens is 5. The molecule has 0 spiro atoms. The van der Waals surface area contributed by atoms with Gasteiger partial charge in [-0.3, -0.25) is 4.98 Å². The molecule has 3 heterocycles. The van der Waals surface area contributed by atoms with Crippen molar-refractivity contribution in [2.24, 2.45) is 0 Å². The van der Waals surface area contributed by atoms with Gasteiger partial charge in [0.15, 0.2) is 5.82 Å². The summed E-state index contributed by atoms with van der Waals surface area (Å²) in [6.45, 7) is 1.78. The molecule has 1 fully saturated rings. The van der Waals surface area contributed by atoms with Crippen LogP contribution >= 0.6 is 11.5 Å². The number of nitrogens with zero attached hydrogens (tertiary/aromatic N) is 4. The first-order valence-electron chi connectivity index (χ1n) is 7.58. The molecule has 1 aliphatic rings. The topological polar surface area (TPSA) is 90.6 Å². The van der Waals surface area contributed by atoms with Crippen LogP contribution in [-0.4, -0.2) is 37.6 Å². The zero-order valence-corrected chi connectivity index (χ0v) is 13.2. The lowest BCUT2D eigenvalue weighted by Crippen LogP contribution is -2.33. The molecule has 0 saturated carbocycles. The van der Waals surface area contributed by atoms with Crippen molar-refractivity contribution >= 4 is 16.7 Å². The SMILES string of the molecule is O=c1[nH]nc(C2CCN(c3nc(-c4ccccc4)ns3)CC2)[nH]1. The Labute approximate surface area is 136 Å². The fourth-order valence-electron chi connectivity index (χ4n) is 2.87. The van der Waals surface area contributed by atoms with E-state index in [1.165, 1.54) is 11.5 Å². The van der Waals surface area contributed by atoms with Crippen LogP contribution < -0.4 is 10.6 Å². The number of piperidine rings is 1. The van der Waals surface area contributed by atoms with E-state index in [1.54, 1.807) is 0 Å². The zero-order chi connectivity index (χ0) is 15.6. The van der Waals surface area contributed by atoms with Crippen LogP contribution in [0.25, 0.3) is 11.4 Å². The fourth-order valence-corrected chi connectivity index (χ4v) is 3.61. The third-order valence-corrected chi connectivity index (χ3v) is 4.90. The number of aromatic amines is 2. The number of rotatable bonds is 3. The third kappa shape index (κ3) is 2.89. The lowest BCUT2D eigenvalue weighted by Gasteiger charge is -2.30. The summed E-state index contributed by atoms with van der Waals surface area (Å²) < 4.78 is 4.47. The van der Waals surface area contributed by atoms with Crippen molar-refractivity contribution in [3.63, 3.8) is 0 Å². The average Bonchev–Trinajstić information content (AvgIpc) is 3.25. The van der Waals surface area contributed by atoms with Crippen LogP contribution in [0.4, 0.5) is 5.13 Å². The maximum absolute atomic E-state index is 11.2. The van der Waals surface area contributed by atoms with E-state index in [4.69, 9.17) is 0 Å². The summed E-state index contributed by atoms with van der Waals surface area (Å²) >= 11 is 1.44. The van der Waals surface area contributed by atoms with Crippen molar-refractivity contribution < 1.29 is 0 Å². The first kappa shape index (κ1) is 14.1. The molecule has 1 aromatic carbocycles. The summed E-state index contributed by atoms with van der Waals surface area (Å²) in [6, 6.07) is 10.0. The molecule has 8 heteroatoms. The molecule has 1 aliphatic heterocycles. The van der Waals surface area contributed by atoms with Gasteiger partial charge in [0.1, 0.15) is 5.82 Å². The normalized spacial score (nSPS) is 15.9. The number of hydrogen-bond acceptors (Lipinski definition) is 6. The minimum absolute atomic E-state index is 0.237. The lowest BCUT2D eigenvalue weighted by atomic mass is 9.96. The van der Waals surface area contributed by atoms with Gasteiger partial charge < -0.3 is 4.90 Å². The summed E-state index contributed by atoms with van der Waals surface area (Å²) in [4.78, 5) is 20.8. The molecular weight excluding hydrogens is 312 g/mol. The van der Waals surface area contributed by atoms with Crippen molar-refractivity contribution in [1.29, 1.82) is 0 Å². The molecule has 2 N–H and O–H groups in total. The molecule has 1 saturated heterocycles. The van der Waals surface area contributed by atoms with Crippen molar-refractivity contribution in [1.82, 2.24) is 24.5 Å². The van der Waals surface area contributed by atoms with Gasteiger partial charge in [-0.1, -0.05) is 30.3 Å². The van der Waals surface area contributed by atoms with Crippen molar-refractivity contribution in [2.45, 2.75) is 18.8 Å². The van der Waals surface area contributed by atoms with Gasteiger partial charge in [0.2, 0.25) is 5.13 Å². The highest BCUT2D eigenvalue weighted by molar-refractivity contribution is 7.09. The Morgan fingerprint density at radius 2 is 1.96 bits per heavy atom. The Hall–Kier alpha value is -2.48.